The molecule has 2 saturated heterocycles. The number of halogens is 3. The Labute approximate surface area is 202 Å². The lowest BCUT2D eigenvalue weighted by molar-refractivity contribution is -0.137. The van der Waals surface area contributed by atoms with E-state index in [0.29, 0.717) is 23.2 Å². The second-order valence-corrected chi connectivity index (χ2v) is 9.67. The predicted octanol–water partition coefficient (Wildman–Crippen LogP) is 4.82. The molecule has 2 aliphatic rings. The second-order valence-electron chi connectivity index (χ2n) is 9.67. The molecule has 5 rings (SSSR count). The van der Waals surface area contributed by atoms with Crippen LogP contribution in [-0.2, 0) is 6.18 Å². The van der Waals surface area contributed by atoms with Gasteiger partial charge in [0.25, 0.3) is 0 Å². The Hall–Kier alpha value is -3.14. The van der Waals surface area contributed by atoms with Gasteiger partial charge in [-0.05, 0) is 76.2 Å². The maximum absolute atomic E-state index is 13.4. The smallest absolute Gasteiger partial charge is 0.399 e. The van der Waals surface area contributed by atoms with Crippen molar-refractivity contribution in [2.45, 2.75) is 44.3 Å². The summed E-state index contributed by atoms with van der Waals surface area (Å²) < 4.78 is 40.1. The van der Waals surface area contributed by atoms with Crippen molar-refractivity contribution in [1.29, 1.82) is 0 Å². The van der Waals surface area contributed by atoms with Crippen LogP contribution in [0.1, 0.15) is 55.0 Å². The van der Waals surface area contributed by atoms with Gasteiger partial charge < -0.3 is 20.9 Å². The monoisotopic (exact) mass is 485 g/mol. The largest absolute Gasteiger partial charge is 0.416 e. The number of alkyl halides is 3. The highest BCUT2D eigenvalue weighted by molar-refractivity contribution is 5.90. The van der Waals surface area contributed by atoms with Crippen molar-refractivity contribution in [2.75, 3.05) is 49.2 Å². The molecule has 1 atom stereocenters. The molecule has 3 N–H and O–H groups in total. The fourth-order valence-corrected chi connectivity index (χ4v) is 4.71. The van der Waals surface area contributed by atoms with Crippen molar-refractivity contribution < 1.29 is 13.2 Å². The molecule has 3 aromatic rings. The first kappa shape index (κ1) is 23.6. The van der Waals surface area contributed by atoms with Crippen LogP contribution in [0.15, 0.2) is 30.5 Å². The number of benzene rings is 1. The molecule has 7 nitrogen and oxygen atoms in total. The first-order chi connectivity index (χ1) is 16.7. The lowest BCUT2D eigenvalue weighted by atomic mass is 9.93. The van der Waals surface area contributed by atoms with Gasteiger partial charge in [0.05, 0.1) is 23.3 Å². The van der Waals surface area contributed by atoms with Gasteiger partial charge in [0.1, 0.15) is 5.82 Å². The third-order valence-electron chi connectivity index (χ3n) is 7.03. The van der Waals surface area contributed by atoms with E-state index in [1.807, 2.05) is 13.0 Å². The number of pyridine rings is 1. The number of nitrogens with one attached hydrogen (secondary N) is 1. The summed E-state index contributed by atoms with van der Waals surface area (Å²) >= 11 is 0. The van der Waals surface area contributed by atoms with E-state index in [9.17, 15) is 13.2 Å². The van der Waals surface area contributed by atoms with E-state index in [1.165, 1.54) is 0 Å². The average Bonchev–Trinajstić information content (AvgIpc) is 2.77. The summed E-state index contributed by atoms with van der Waals surface area (Å²) in [4.78, 5) is 18.7. The van der Waals surface area contributed by atoms with Gasteiger partial charge in [-0.3, -0.25) is 4.98 Å². The molecule has 0 bridgehead atoms. The highest BCUT2D eigenvalue weighted by atomic mass is 19.4. The summed E-state index contributed by atoms with van der Waals surface area (Å²) in [6, 6.07) is 5.25. The Bertz CT molecular complexity index is 1220. The third kappa shape index (κ3) is 4.98. The molecular weight excluding hydrogens is 455 g/mol. The molecule has 0 aliphatic carbocycles. The highest BCUT2D eigenvalue weighted by Gasteiger charge is 2.31. The number of piperidine rings is 1. The minimum atomic E-state index is -4.47. The standard InChI is InChI=1S/C25H30F3N7/c1-15(17-10-18(25(26,27)28)12-19(29)11-17)31-23-20-13-21(16-4-8-34(2)9-5-16)30-14-22(20)32-24(33-23)35-6-3-7-35/h10-16H,3-9,29H2,1-2H3,(H,31,32,33). The van der Waals surface area contributed by atoms with Crippen molar-refractivity contribution >= 4 is 28.4 Å². The molecular formula is C25H30F3N7. The van der Waals surface area contributed by atoms with Crippen molar-refractivity contribution in [3.63, 3.8) is 0 Å². The molecule has 10 heteroatoms. The van der Waals surface area contributed by atoms with Crippen molar-refractivity contribution in [3.05, 3.63) is 47.3 Å². The van der Waals surface area contributed by atoms with Crippen LogP contribution in [0.2, 0.25) is 0 Å². The summed E-state index contributed by atoms with van der Waals surface area (Å²) in [6.07, 6.45) is 0.475. The fourth-order valence-electron chi connectivity index (χ4n) is 4.71. The zero-order valence-corrected chi connectivity index (χ0v) is 19.9. The average molecular weight is 486 g/mol. The van der Waals surface area contributed by atoms with E-state index in [4.69, 9.17) is 20.7 Å². The molecule has 2 fully saturated rings. The number of hydrogen-bond donors (Lipinski definition) is 2. The Balaban J connectivity index is 1.52. The molecule has 2 aliphatic heterocycles. The van der Waals surface area contributed by atoms with Crippen molar-refractivity contribution in [3.8, 4) is 0 Å². The van der Waals surface area contributed by atoms with Gasteiger partial charge in [0.15, 0.2) is 0 Å². The van der Waals surface area contributed by atoms with E-state index in [1.54, 1.807) is 12.3 Å². The summed E-state index contributed by atoms with van der Waals surface area (Å²) in [5.74, 6) is 1.56. The number of anilines is 3. The van der Waals surface area contributed by atoms with Gasteiger partial charge >= 0.3 is 6.18 Å². The quantitative estimate of drug-likeness (QED) is 0.502. The lowest BCUT2D eigenvalue weighted by Crippen LogP contribution is -2.38. The number of nitrogens with zero attached hydrogens (tertiary/aromatic N) is 5. The predicted molar refractivity (Wildman–Crippen MR) is 132 cm³/mol. The summed E-state index contributed by atoms with van der Waals surface area (Å²) in [6.45, 7) is 5.62. The Morgan fingerprint density at radius 1 is 1.06 bits per heavy atom. The zero-order valence-electron chi connectivity index (χ0n) is 19.9. The van der Waals surface area contributed by atoms with Crippen LogP contribution in [0.4, 0.5) is 30.6 Å². The summed E-state index contributed by atoms with van der Waals surface area (Å²) in [7, 11) is 2.12. The fraction of sp³-hybridized carbons (Fsp3) is 0.480. The minimum absolute atomic E-state index is 0.0750. The van der Waals surface area contributed by atoms with Crippen LogP contribution >= 0.6 is 0 Å². The maximum Gasteiger partial charge on any atom is 0.416 e. The SMILES string of the molecule is CC(Nc1nc(N2CCC2)nc2cnc(C3CCN(C)CC3)cc12)c1cc(N)cc(C(F)(F)F)c1. The number of aromatic nitrogens is 3. The maximum atomic E-state index is 13.4. The van der Waals surface area contributed by atoms with E-state index in [0.717, 1.165) is 74.2 Å². The zero-order chi connectivity index (χ0) is 24.7. The molecule has 1 unspecified atom stereocenters. The summed E-state index contributed by atoms with van der Waals surface area (Å²) in [5, 5.41) is 4.18. The van der Waals surface area contributed by atoms with Crippen LogP contribution in [0.3, 0.4) is 0 Å². The number of nitrogen functional groups attached to an aromatic ring is 1. The van der Waals surface area contributed by atoms with Gasteiger partial charge in [0, 0.05) is 35.8 Å². The van der Waals surface area contributed by atoms with Crippen LogP contribution in [0.25, 0.3) is 10.9 Å². The minimum Gasteiger partial charge on any atom is -0.399 e. The van der Waals surface area contributed by atoms with Gasteiger partial charge in [-0.2, -0.15) is 18.2 Å². The second kappa shape index (κ2) is 9.14. The van der Waals surface area contributed by atoms with Gasteiger partial charge in [-0.1, -0.05) is 0 Å². The number of hydrogen-bond acceptors (Lipinski definition) is 7. The normalized spacial score (nSPS) is 18.5. The molecule has 4 heterocycles. The molecule has 0 saturated carbocycles. The molecule has 1 aromatic carbocycles. The first-order valence-corrected chi connectivity index (χ1v) is 12.0. The first-order valence-electron chi connectivity index (χ1n) is 12.0. The Morgan fingerprint density at radius 3 is 2.46 bits per heavy atom. The Kier molecular flexibility index (Phi) is 6.16. The summed E-state index contributed by atoms with van der Waals surface area (Å²) in [5.41, 5.74) is 7.29. The molecule has 2 aromatic heterocycles. The van der Waals surface area contributed by atoms with Crippen LogP contribution in [0.5, 0.6) is 0 Å². The van der Waals surface area contributed by atoms with Crippen molar-refractivity contribution in [2.24, 2.45) is 0 Å². The highest BCUT2D eigenvalue weighted by Crippen LogP contribution is 2.35. The number of fused-ring (bicyclic) bond motifs is 1. The number of likely N-dealkylation sites (tertiary alicyclic amines) is 1. The lowest BCUT2D eigenvalue weighted by Gasteiger charge is -2.31. The van der Waals surface area contributed by atoms with E-state index in [2.05, 4.69) is 22.2 Å². The topological polar surface area (TPSA) is 83.2 Å². The van der Waals surface area contributed by atoms with E-state index in [-0.39, 0.29) is 5.69 Å². The van der Waals surface area contributed by atoms with Gasteiger partial charge in [-0.15, -0.1) is 0 Å². The molecule has 186 valence electrons. The molecule has 0 radical (unpaired) electrons. The van der Waals surface area contributed by atoms with Crippen LogP contribution < -0.4 is 16.0 Å². The van der Waals surface area contributed by atoms with Gasteiger partial charge in [-0.25, -0.2) is 4.98 Å². The molecule has 0 amide bonds. The van der Waals surface area contributed by atoms with Crippen LogP contribution in [-0.4, -0.2) is 53.1 Å². The molecule has 0 spiro atoms. The van der Waals surface area contributed by atoms with Gasteiger partial charge in [0.2, 0.25) is 5.95 Å². The van der Waals surface area contributed by atoms with Crippen molar-refractivity contribution in [1.82, 2.24) is 19.9 Å². The number of rotatable bonds is 5. The Morgan fingerprint density at radius 2 is 1.80 bits per heavy atom. The van der Waals surface area contributed by atoms with E-state index >= 15 is 0 Å². The number of nitrogens with two attached hydrogens (primary N) is 1. The van der Waals surface area contributed by atoms with Crippen LogP contribution in [0, 0.1) is 0 Å². The van der Waals surface area contributed by atoms with E-state index < -0.39 is 17.8 Å². The third-order valence-corrected chi connectivity index (χ3v) is 7.03. The molecule has 35 heavy (non-hydrogen) atoms.